The number of morpholine rings is 1. The van der Waals surface area contributed by atoms with Crippen LogP contribution in [0.5, 0.6) is 0 Å². The van der Waals surface area contributed by atoms with Crippen LogP contribution in [0, 0.1) is 0 Å². The van der Waals surface area contributed by atoms with Crippen LogP contribution in [0.1, 0.15) is 6.42 Å². The van der Waals surface area contributed by atoms with Crippen molar-refractivity contribution in [2.75, 3.05) is 26.2 Å². The van der Waals surface area contributed by atoms with Gasteiger partial charge in [0.25, 0.3) is 0 Å². The second-order valence-corrected chi connectivity index (χ2v) is 3.45. The standard InChI is InChI=1S/C8H14N2O3/c11-8(12)10-3-4-13-7-5-9-2-1-6(7)10/h6-7,9H,1-5H2,(H,11,12)/t6-,7-/m0/s1. The van der Waals surface area contributed by atoms with Gasteiger partial charge in [0.05, 0.1) is 18.8 Å². The topological polar surface area (TPSA) is 61.8 Å². The minimum absolute atomic E-state index is 0.0543. The fourth-order valence-electron chi connectivity index (χ4n) is 2.05. The Morgan fingerprint density at radius 1 is 1.62 bits per heavy atom. The van der Waals surface area contributed by atoms with Gasteiger partial charge in [0.15, 0.2) is 0 Å². The van der Waals surface area contributed by atoms with Gasteiger partial charge in [0, 0.05) is 13.1 Å². The minimum atomic E-state index is -0.819. The van der Waals surface area contributed by atoms with Crippen LogP contribution in [0.15, 0.2) is 0 Å². The van der Waals surface area contributed by atoms with Gasteiger partial charge in [-0.25, -0.2) is 4.79 Å². The lowest BCUT2D eigenvalue weighted by Gasteiger charge is -2.42. The van der Waals surface area contributed by atoms with E-state index in [-0.39, 0.29) is 12.1 Å². The number of carbonyl (C=O) groups is 1. The summed E-state index contributed by atoms with van der Waals surface area (Å²) in [6.07, 6.45) is 0.0931. The lowest BCUT2D eigenvalue weighted by Crippen LogP contribution is -2.59. The summed E-state index contributed by atoms with van der Waals surface area (Å²) in [5.74, 6) is 0. The fraction of sp³-hybridized carbons (Fsp3) is 0.875. The third kappa shape index (κ3) is 1.62. The van der Waals surface area contributed by atoms with Crippen LogP contribution in [0.4, 0.5) is 4.79 Å². The SMILES string of the molecule is O=C(O)N1CCO[C@H]2CNCC[C@@H]21. The Balaban J connectivity index is 2.06. The Morgan fingerprint density at radius 3 is 3.23 bits per heavy atom. The van der Waals surface area contributed by atoms with E-state index in [1.165, 1.54) is 4.90 Å². The highest BCUT2D eigenvalue weighted by Gasteiger charge is 2.36. The summed E-state index contributed by atoms with van der Waals surface area (Å²) in [6, 6.07) is 0.0625. The summed E-state index contributed by atoms with van der Waals surface area (Å²) < 4.78 is 5.49. The molecule has 2 N–H and O–H groups in total. The molecule has 0 aromatic carbocycles. The maximum absolute atomic E-state index is 10.9. The highest BCUT2D eigenvalue weighted by molar-refractivity contribution is 5.65. The molecule has 0 aliphatic carbocycles. The molecule has 2 aliphatic rings. The van der Waals surface area contributed by atoms with E-state index in [1.807, 2.05) is 0 Å². The van der Waals surface area contributed by atoms with Crippen molar-refractivity contribution in [2.24, 2.45) is 0 Å². The van der Waals surface area contributed by atoms with Gasteiger partial charge in [-0.15, -0.1) is 0 Å². The van der Waals surface area contributed by atoms with Crippen LogP contribution >= 0.6 is 0 Å². The number of carboxylic acid groups (broad SMARTS) is 1. The molecule has 0 spiro atoms. The normalized spacial score (nSPS) is 34.0. The van der Waals surface area contributed by atoms with E-state index in [0.29, 0.717) is 13.2 Å². The molecule has 0 aromatic heterocycles. The molecule has 2 heterocycles. The lowest BCUT2D eigenvalue weighted by atomic mass is 10.0. The van der Waals surface area contributed by atoms with Gasteiger partial charge in [0.2, 0.25) is 0 Å². The van der Waals surface area contributed by atoms with Crippen molar-refractivity contribution in [3.63, 3.8) is 0 Å². The summed E-state index contributed by atoms with van der Waals surface area (Å²) in [6.45, 7) is 2.69. The van der Waals surface area contributed by atoms with E-state index in [4.69, 9.17) is 9.84 Å². The number of piperidine rings is 1. The molecule has 2 aliphatic heterocycles. The molecule has 2 saturated heterocycles. The molecule has 74 valence electrons. The number of hydrogen-bond acceptors (Lipinski definition) is 3. The van der Waals surface area contributed by atoms with Crippen LogP contribution in [-0.2, 0) is 4.74 Å². The second-order valence-electron chi connectivity index (χ2n) is 3.45. The van der Waals surface area contributed by atoms with Gasteiger partial charge in [-0.2, -0.15) is 0 Å². The first-order valence-corrected chi connectivity index (χ1v) is 4.61. The molecule has 5 heteroatoms. The third-order valence-corrected chi connectivity index (χ3v) is 2.70. The molecule has 0 radical (unpaired) electrons. The second kappa shape index (κ2) is 3.51. The molecular formula is C8H14N2O3. The molecule has 2 rings (SSSR count). The number of hydrogen-bond donors (Lipinski definition) is 2. The molecule has 0 unspecified atom stereocenters. The van der Waals surface area contributed by atoms with Gasteiger partial charge >= 0.3 is 6.09 Å². The predicted molar refractivity (Wildman–Crippen MR) is 45.7 cm³/mol. The molecule has 2 atom stereocenters. The maximum atomic E-state index is 10.9. The van der Waals surface area contributed by atoms with Crippen LogP contribution < -0.4 is 5.32 Å². The Bertz CT molecular complexity index is 208. The molecule has 13 heavy (non-hydrogen) atoms. The number of nitrogens with zero attached hydrogens (tertiary/aromatic N) is 1. The third-order valence-electron chi connectivity index (χ3n) is 2.70. The van der Waals surface area contributed by atoms with Crippen molar-refractivity contribution in [1.29, 1.82) is 0 Å². The van der Waals surface area contributed by atoms with Crippen molar-refractivity contribution in [2.45, 2.75) is 18.6 Å². The quantitative estimate of drug-likeness (QED) is 0.546. The average molecular weight is 186 g/mol. The van der Waals surface area contributed by atoms with Gasteiger partial charge in [-0.3, -0.25) is 0 Å². The van der Waals surface area contributed by atoms with Crippen LogP contribution in [0.25, 0.3) is 0 Å². The Morgan fingerprint density at radius 2 is 2.46 bits per heavy atom. The number of nitrogens with one attached hydrogen (secondary N) is 1. The molecule has 1 amide bonds. The monoisotopic (exact) mass is 186 g/mol. The number of fused-ring (bicyclic) bond motifs is 1. The summed E-state index contributed by atoms with van der Waals surface area (Å²) in [5, 5.41) is 12.1. The van der Waals surface area contributed by atoms with Gasteiger partial charge in [-0.1, -0.05) is 0 Å². The van der Waals surface area contributed by atoms with E-state index >= 15 is 0 Å². The summed E-state index contributed by atoms with van der Waals surface area (Å²) >= 11 is 0. The van der Waals surface area contributed by atoms with Gasteiger partial charge < -0.3 is 20.1 Å². The van der Waals surface area contributed by atoms with E-state index < -0.39 is 6.09 Å². The number of ether oxygens (including phenoxy) is 1. The zero-order valence-electron chi connectivity index (χ0n) is 7.40. The highest BCUT2D eigenvalue weighted by atomic mass is 16.5. The molecule has 5 nitrogen and oxygen atoms in total. The first kappa shape index (κ1) is 8.77. The Labute approximate surface area is 76.7 Å². The van der Waals surface area contributed by atoms with Gasteiger partial charge in [0.1, 0.15) is 0 Å². The van der Waals surface area contributed by atoms with Crippen LogP contribution in [0.2, 0.25) is 0 Å². The zero-order chi connectivity index (χ0) is 9.26. The molecule has 0 saturated carbocycles. The average Bonchev–Trinajstić information content (AvgIpc) is 2.17. The van der Waals surface area contributed by atoms with E-state index in [9.17, 15) is 4.79 Å². The summed E-state index contributed by atoms with van der Waals surface area (Å²) in [5.41, 5.74) is 0. The smallest absolute Gasteiger partial charge is 0.407 e. The minimum Gasteiger partial charge on any atom is -0.465 e. The van der Waals surface area contributed by atoms with Crippen LogP contribution in [-0.4, -0.2) is 54.5 Å². The van der Waals surface area contributed by atoms with E-state index in [1.54, 1.807) is 0 Å². The first-order valence-electron chi connectivity index (χ1n) is 4.61. The summed E-state index contributed by atoms with van der Waals surface area (Å²) in [7, 11) is 0. The van der Waals surface area contributed by atoms with Crippen molar-refractivity contribution in [3.05, 3.63) is 0 Å². The van der Waals surface area contributed by atoms with Crippen molar-refractivity contribution < 1.29 is 14.6 Å². The predicted octanol–water partition coefficient (Wildman–Crippen LogP) is -0.273. The van der Waals surface area contributed by atoms with Crippen LogP contribution in [0.3, 0.4) is 0 Å². The Kier molecular flexibility index (Phi) is 2.37. The zero-order valence-corrected chi connectivity index (χ0v) is 7.40. The molecule has 2 fully saturated rings. The summed E-state index contributed by atoms with van der Waals surface area (Å²) in [4.78, 5) is 12.4. The lowest BCUT2D eigenvalue weighted by molar-refractivity contribution is -0.0708. The Hall–Kier alpha value is -0.810. The highest BCUT2D eigenvalue weighted by Crippen LogP contribution is 2.19. The first-order chi connectivity index (χ1) is 6.29. The molecule has 0 bridgehead atoms. The molecular weight excluding hydrogens is 172 g/mol. The van der Waals surface area contributed by atoms with E-state index in [2.05, 4.69) is 5.32 Å². The van der Waals surface area contributed by atoms with Crippen molar-refractivity contribution in [1.82, 2.24) is 10.2 Å². The van der Waals surface area contributed by atoms with Gasteiger partial charge in [-0.05, 0) is 13.0 Å². The largest absolute Gasteiger partial charge is 0.465 e. The number of rotatable bonds is 0. The van der Waals surface area contributed by atoms with Crippen molar-refractivity contribution in [3.8, 4) is 0 Å². The number of amides is 1. The van der Waals surface area contributed by atoms with E-state index in [0.717, 1.165) is 19.5 Å². The maximum Gasteiger partial charge on any atom is 0.407 e. The molecule has 0 aromatic rings. The van der Waals surface area contributed by atoms with Crippen molar-refractivity contribution >= 4 is 6.09 Å². The fourth-order valence-corrected chi connectivity index (χ4v) is 2.05.